The summed E-state index contributed by atoms with van der Waals surface area (Å²) in [6.07, 6.45) is 0.347. The fraction of sp³-hybridized carbons (Fsp3) is 0.296. The highest BCUT2D eigenvalue weighted by atomic mass is 16.6. The van der Waals surface area contributed by atoms with Crippen molar-refractivity contribution >= 4 is 6.09 Å². The van der Waals surface area contributed by atoms with Gasteiger partial charge in [-0.25, -0.2) is 4.79 Å². The Bertz CT molecular complexity index is 949. The van der Waals surface area contributed by atoms with Gasteiger partial charge in [0, 0.05) is 0 Å². The average Bonchev–Trinajstić information content (AvgIpc) is 3.26. The number of amides is 1. The van der Waals surface area contributed by atoms with E-state index in [0.29, 0.717) is 26.4 Å². The summed E-state index contributed by atoms with van der Waals surface area (Å²) in [4.78, 5) is 14.6. The zero-order chi connectivity index (χ0) is 22.0. The summed E-state index contributed by atoms with van der Waals surface area (Å²) in [5.41, 5.74) is 3.20. The molecule has 3 aromatic carbocycles. The molecule has 166 valence electrons. The molecule has 0 bridgehead atoms. The minimum Gasteiger partial charge on any atom is -0.445 e. The van der Waals surface area contributed by atoms with Crippen LogP contribution in [0.3, 0.4) is 0 Å². The maximum absolute atomic E-state index is 12.9. The third kappa shape index (κ3) is 6.42. The van der Waals surface area contributed by atoms with E-state index in [1.165, 1.54) is 0 Å². The summed E-state index contributed by atoms with van der Waals surface area (Å²) in [6, 6.07) is 29.8. The van der Waals surface area contributed by atoms with Gasteiger partial charge in [0.15, 0.2) is 0 Å². The van der Waals surface area contributed by atoms with E-state index in [-0.39, 0.29) is 24.8 Å². The van der Waals surface area contributed by atoms with E-state index >= 15 is 0 Å². The van der Waals surface area contributed by atoms with Crippen LogP contribution in [0.5, 0.6) is 0 Å². The van der Waals surface area contributed by atoms with Gasteiger partial charge in [0.25, 0.3) is 0 Å². The molecule has 5 heteroatoms. The molecule has 32 heavy (non-hydrogen) atoms. The van der Waals surface area contributed by atoms with Crippen LogP contribution in [0, 0.1) is 0 Å². The lowest BCUT2D eigenvalue weighted by Crippen LogP contribution is -2.39. The minimum absolute atomic E-state index is 0.0511. The van der Waals surface area contributed by atoms with Crippen molar-refractivity contribution in [3.63, 3.8) is 0 Å². The molecule has 3 aromatic rings. The highest BCUT2D eigenvalue weighted by Gasteiger charge is 2.37. The second kappa shape index (κ2) is 11.5. The Labute approximate surface area is 189 Å². The summed E-state index contributed by atoms with van der Waals surface area (Å²) in [6.45, 7) is 2.24. The summed E-state index contributed by atoms with van der Waals surface area (Å²) in [5, 5.41) is 0. The van der Waals surface area contributed by atoms with Gasteiger partial charge < -0.3 is 19.1 Å². The minimum atomic E-state index is -0.326. The first-order valence-electron chi connectivity index (χ1n) is 11.0. The van der Waals surface area contributed by atoms with Gasteiger partial charge in [0.1, 0.15) is 6.61 Å². The molecule has 2 atom stereocenters. The van der Waals surface area contributed by atoms with E-state index < -0.39 is 0 Å². The summed E-state index contributed by atoms with van der Waals surface area (Å²) in [7, 11) is 0. The zero-order valence-corrected chi connectivity index (χ0v) is 18.1. The standard InChI is InChI=1S/C27H29NO4/c29-27(32-20-24-14-8-3-9-15-24)28-17-26(31-19-23-12-6-2-7-13-23)16-25(28)21-30-18-22-10-4-1-5-11-22/h1-15,25-26H,16-21H2/t25-,26+/m1/s1. The van der Waals surface area contributed by atoms with Crippen molar-refractivity contribution in [2.45, 2.75) is 38.4 Å². The first-order valence-corrected chi connectivity index (χ1v) is 11.0. The largest absolute Gasteiger partial charge is 0.445 e. The Morgan fingerprint density at radius 3 is 1.88 bits per heavy atom. The third-order valence-corrected chi connectivity index (χ3v) is 5.57. The second-order valence-corrected chi connectivity index (χ2v) is 8.00. The highest BCUT2D eigenvalue weighted by molar-refractivity contribution is 5.68. The molecule has 0 saturated carbocycles. The normalized spacial score (nSPS) is 17.9. The van der Waals surface area contributed by atoms with Gasteiger partial charge in [0.05, 0.1) is 38.5 Å². The van der Waals surface area contributed by atoms with Gasteiger partial charge in [-0.2, -0.15) is 0 Å². The number of hydrogen-bond donors (Lipinski definition) is 0. The average molecular weight is 432 g/mol. The fourth-order valence-electron chi connectivity index (χ4n) is 3.85. The van der Waals surface area contributed by atoms with Crippen molar-refractivity contribution in [1.82, 2.24) is 4.90 Å². The molecule has 1 saturated heterocycles. The number of hydrogen-bond acceptors (Lipinski definition) is 4. The van der Waals surface area contributed by atoms with Crippen LogP contribution in [0.15, 0.2) is 91.0 Å². The highest BCUT2D eigenvalue weighted by Crippen LogP contribution is 2.23. The molecule has 0 radical (unpaired) electrons. The van der Waals surface area contributed by atoms with Crippen molar-refractivity contribution in [1.29, 1.82) is 0 Å². The van der Waals surface area contributed by atoms with Crippen molar-refractivity contribution in [3.8, 4) is 0 Å². The van der Waals surface area contributed by atoms with Crippen molar-refractivity contribution in [2.75, 3.05) is 13.2 Å². The molecular weight excluding hydrogens is 402 g/mol. The number of carbonyl (C=O) groups is 1. The van der Waals surface area contributed by atoms with Crippen LogP contribution in [-0.2, 0) is 34.0 Å². The van der Waals surface area contributed by atoms with Crippen LogP contribution >= 0.6 is 0 Å². The van der Waals surface area contributed by atoms with E-state index in [4.69, 9.17) is 14.2 Å². The summed E-state index contributed by atoms with van der Waals surface area (Å²) in [5.74, 6) is 0. The van der Waals surface area contributed by atoms with E-state index in [1.807, 2.05) is 91.0 Å². The summed E-state index contributed by atoms with van der Waals surface area (Å²) < 4.78 is 17.7. The lowest BCUT2D eigenvalue weighted by Gasteiger charge is -2.23. The number of carbonyl (C=O) groups excluding carboxylic acids is 1. The molecule has 0 aromatic heterocycles. The van der Waals surface area contributed by atoms with Crippen molar-refractivity contribution < 1.29 is 19.0 Å². The molecule has 1 aliphatic heterocycles. The predicted molar refractivity (Wildman–Crippen MR) is 123 cm³/mol. The van der Waals surface area contributed by atoms with Gasteiger partial charge in [-0.05, 0) is 23.1 Å². The number of rotatable bonds is 9. The summed E-state index contributed by atoms with van der Waals surface area (Å²) >= 11 is 0. The SMILES string of the molecule is O=C(OCc1ccccc1)N1C[C@@H](OCc2ccccc2)C[C@@H]1COCc1ccccc1. The van der Waals surface area contributed by atoms with Gasteiger partial charge >= 0.3 is 6.09 Å². The molecule has 0 aliphatic carbocycles. The van der Waals surface area contributed by atoms with Crippen LogP contribution in [0.25, 0.3) is 0 Å². The zero-order valence-electron chi connectivity index (χ0n) is 18.1. The van der Waals surface area contributed by atoms with Gasteiger partial charge in [0.2, 0.25) is 0 Å². The molecule has 4 rings (SSSR count). The van der Waals surface area contributed by atoms with Crippen LogP contribution in [-0.4, -0.2) is 36.3 Å². The van der Waals surface area contributed by atoms with E-state index in [2.05, 4.69) is 0 Å². The third-order valence-electron chi connectivity index (χ3n) is 5.57. The van der Waals surface area contributed by atoms with Crippen LogP contribution in [0.1, 0.15) is 23.1 Å². The molecule has 1 heterocycles. The number of likely N-dealkylation sites (tertiary alicyclic amines) is 1. The Morgan fingerprint density at radius 1 is 0.750 bits per heavy atom. The number of ether oxygens (including phenoxy) is 3. The lowest BCUT2D eigenvalue weighted by atomic mass is 10.2. The monoisotopic (exact) mass is 431 g/mol. The number of benzene rings is 3. The Morgan fingerprint density at radius 2 is 1.28 bits per heavy atom. The van der Waals surface area contributed by atoms with Crippen LogP contribution < -0.4 is 0 Å². The van der Waals surface area contributed by atoms with Gasteiger partial charge in [-0.1, -0.05) is 91.0 Å². The quantitative estimate of drug-likeness (QED) is 0.467. The van der Waals surface area contributed by atoms with Crippen molar-refractivity contribution in [3.05, 3.63) is 108 Å². The topological polar surface area (TPSA) is 48.0 Å². The van der Waals surface area contributed by atoms with Crippen molar-refractivity contribution in [2.24, 2.45) is 0 Å². The van der Waals surface area contributed by atoms with Gasteiger partial charge in [-0.3, -0.25) is 0 Å². The molecule has 5 nitrogen and oxygen atoms in total. The molecule has 1 fully saturated rings. The second-order valence-electron chi connectivity index (χ2n) is 8.00. The van der Waals surface area contributed by atoms with E-state index in [9.17, 15) is 4.79 Å². The van der Waals surface area contributed by atoms with Crippen LogP contribution in [0.2, 0.25) is 0 Å². The molecule has 0 spiro atoms. The maximum atomic E-state index is 12.9. The lowest BCUT2D eigenvalue weighted by molar-refractivity contribution is 0.0424. The molecule has 1 aliphatic rings. The molecular formula is C27H29NO4. The Kier molecular flexibility index (Phi) is 7.90. The van der Waals surface area contributed by atoms with Gasteiger partial charge in [-0.15, -0.1) is 0 Å². The number of nitrogens with zero attached hydrogens (tertiary/aromatic N) is 1. The predicted octanol–water partition coefficient (Wildman–Crippen LogP) is 5.20. The fourth-order valence-corrected chi connectivity index (χ4v) is 3.85. The molecule has 0 unspecified atom stereocenters. The first kappa shape index (κ1) is 22.1. The van der Waals surface area contributed by atoms with E-state index in [0.717, 1.165) is 23.1 Å². The Hall–Kier alpha value is -3.15. The molecule has 1 amide bonds. The van der Waals surface area contributed by atoms with E-state index in [1.54, 1.807) is 4.90 Å². The molecule has 0 N–H and O–H groups in total. The maximum Gasteiger partial charge on any atom is 0.410 e. The van der Waals surface area contributed by atoms with Crippen LogP contribution in [0.4, 0.5) is 4.79 Å². The first-order chi connectivity index (χ1) is 15.8. The Balaban J connectivity index is 1.34. The smallest absolute Gasteiger partial charge is 0.410 e.